The van der Waals surface area contributed by atoms with E-state index in [2.05, 4.69) is 10.6 Å². The summed E-state index contributed by atoms with van der Waals surface area (Å²) in [6.07, 6.45) is 0.191. The molecule has 1 aromatic rings. The molecule has 0 heterocycles. The van der Waals surface area contributed by atoms with Gasteiger partial charge in [-0.15, -0.1) is 0 Å². The Bertz CT molecular complexity index is 599. The van der Waals surface area contributed by atoms with E-state index in [0.29, 0.717) is 0 Å². The molecule has 0 saturated carbocycles. The fourth-order valence-corrected chi connectivity index (χ4v) is 1.82. The predicted molar refractivity (Wildman–Crippen MR) is 79.5 cm³/mol. The Labute approximate surface area is 127 Å². The Morgan fingerprint density at radius 3 is 2.45 bits per heavy atom. The van der Waals surface area contributed by atoms with Crippen molar-refractivity contribution in [2.45, 2.75) is 39.2 Å². The summed E-state index contributed by atoms with van der Waals surface area (Å²) in [4.78, 5) is 33.7. The first kappa shape index (κ1) is 17.6. The number of halogens is 1. The molecular formula is C15H19FN2O4. The normalized spacial score (nSPS) is 10.9. The molecule has 22 heavy (non-hydrogen) atoms. The molecule has 3 N–H and O–H groups in total. The van der Waals surface area contributed by atoms with Crippen molar-refractivity contribution in [2.24, 2.45) is 0 Å². The van der Waals surface area contributed by atoms with Gasteiger partial charge in [-0.25, -0.2) is 9.18 Å². The first-order chi connectivity index (χ1) is 10.1. The Kier molecular flexibility index (Phi) is 5.62. The zero-order valence-corrected chi connectivity index (χ0v) is 12.7. The number of amides is 2. The highest BCUT2D eigenvalue weighted by Gasteiger charge is 2.21. The quantitative estimate of drug-likeness (QED) is 0.704. The molecule has 0 atom stereocenters. The summed E-state index contributed by atoms with van der Waals surface area (Å²) in [5.74, 6) is -2.04. The van der Waals surface area contributed by atoms with E-state index in [4.69, 9.17) is 5.11 Å². The average Bonchev–Trinajstić information content (AvgIpc) is 2.38. The minimum atomic E-state index is -0.945. The Balaban J connectivity index is 2.71. The van der Waals surface area contributed by atoms with Gasteiger partial charge in [0.25, 0.3) is 0 Å². The number of carboxylic acid groups (broad SMARTS) is 1. The van der Waals surface area contributed by atoms with Gasteiger partial charge >= 0.3 is 12.0 Å². The van der Waals surface area contributed by atoms with Crippen LogP contribution in [0.3, 0.4) is 0 Å². The van der Waals surface area contributed by atoms with Crippen molar-refractivity contribution >= 4 is 23.5 Å². The van der Waals surface area contributed by atoms with Gasteiger partial charge in [0.15, 0.2) is 5.78 Å². The second-order valence-electron chi connectivity index (χ2n) is 5.61. The number of nitrogens with one attached hydrogen (secondary N) is 2. The van der Waals surface area contributed by atoms with Crippen molar-refractivity contribution in [1.82, 2.24) is 5.32 Å². The second kappa shape index (κ2) is 7.02. The minimum Gasteiger partial charge on any atom is -0.481 e. The van der Waals surface area contributed by atoms with Crippen molar-refractivity contribution in [3.05, 3.63) is 29.6 Å². The molecule has 0 bridgehead atoms. The number of hydrogen-bond donors (Lipinski definition) is 3. The molecule has 0 aliphatic carbocycles. The lowest BCUT2D eigenvalue weighted by molar-refractivity contribution is -0.137. The third-order valence-corrected chi connectivity index (χ3v) is 3.02. The van der Waals surface area contributed by atoms with E-state index in [1.54, 1.807) is 13.8 Å². The van der Waals surface area contributed by atoms with Crippen molar-refractivity contribution in [3.63, 3.8) is 0 Å². The van der Waals surface area contributed by atoms with Gasteiger partial charge in [-0.2, -0.15) is 0 Å². The summed E-state index contributed by atoms with van der Waals surface area (Å²) in [6, 6.07) is 3.13. The van der Waals surface area contributed by atoms with Crippen molar-refractivity contribution in [1.29, 1.82) is 0 Å². The largest absolute Gasteiger partial charge is 0.481 e. The van der Waals surface area contributed by atoms with E-state index in [-0.39, 0.29) is 24.1 Å². The van der Waals surface area contributed by atoms with Gasteiger partial charge < -0.3 is 15.7 Å². The van der Waals surface area contributed by atoms with Crippen LogP contribution in [0, 0.1) is 5.82 Å². The van der Waals surface area contributed by atoms with Crippen LogP contribution < -0.4 is 10.6 Å². The Morgan fingerprint density at radius 2 is 1.91 bits per heavy atom. The standard InChI is InChI=1S/C15H19FN2O4/c1-9(19)11-8-10(4-5-12(11)16)17-14(22)18-15(2,3)7-6-13(20)21/h4-5,8H,6-7H2,1-3H3,(H,20,21)(H2,17,18,22). The van der Waals surface area contributed by atoms with E-state index in [1.165, 1.54) is 19.1 Å². The molecular weight excluding hydrogens is 291 g/mol. The molecule has 6 nitrogen and oxygen atoms in total. The third kappa shape index (κ3) is 5.51. The highest BCUT2D eigenvalue weighted by atomic mass is 19.1. The fraction of sp³-hybridized carbons (Fsp3) is 0.400. The van der Waals surface area contributed by atoms with Crippen molar-refractivity contribution in [2.75, 3.05) is 5.32 Å². The third-order valence-electron chi connectivity index (χ3n) is 3.02. The second-order valence-corrected chi connectivity index (χ2v) is 5.61. The lowest BCUT2D eigenvalue weighted by Crippen LogP contribution is -2.45. The zero-order chi connectivity index (χ0) is 16.9. The van der Waals surface area contributed by atoms with E-state index in [1.807, 2.05) is 0 Å². The summed E-state index contributed by atoms with van der Waals surface area (Å²) in [5.41, 5.74) is -0.549. The first-order valence-corrected chi connectivity index (χ1v) is 6.72. The number of carbonyl (C=O) groups is 3. The van der Waals surface area contributed by atoms with Crippen LogP contribution in [0.25, 0.3) is 0 Å². The van der Waals surface area contributed by atoms with E-state index in [0.717, 1.165) is 6.07 Å². The molecule has 0 aliphatic heterocycles. The molecule has 0 saturated heterocycles. The molecule has 120 valence electrons. The molecule has 0 aromatic heterocycles. The maximum atomic E-state index is 13.4. The summed E-state index contributed by atoms with van der Waals surface area (Å²) in [5, 5.41) is 13.8. The molecule has 1 rings (SSSR count). The fourth-order valence-electron chi connectivity index (χ4n) is 1.82. The van der Waals surface area contributed by atoms with Crippen LogP contribution in [0.15, 0.2) is 18.2 Å². The molecule has 2 amide bonds. The lowest BCUT2D eigenvalue weighted by Gasteiger charge is -2.25. The summed E-state index contributed by atoms with van der Waals surface area (Å²) < 4.78 is 13.4. The van der Waals surface area contributed by atoms with Crippen molar-refractivity contribution < 1.29 is 23.9 Å². The monoisotopic (exact) mass is 310 g/mol. The van der Waals surface area contributed by atoms with Crippen LogP contribution in [0.4, 0.5) is 14.9 Å². The van der Waals surface area contributed by atoms with E-state index in [9.17, 15) is 18.8 Å². The number of aliphatic carboxylic acids is 1. The van der Waals surface area contributed by atoms with Crippen LogP contribution in [0.5, 0.6) is 0 Å². The number of anilines is 1. The molecule has 0 spiro atoms. The summed E-state index contributed by atoms with van der Waals surface area (Å²) in [6.45, 7) is 4.62. The van der Waals surface area contributed by atoms with Crippen LogP contribution in [-0.4, -0.2) is 28.4 Å². The number of rotatable bonds is 6. The maximum absolute atomic E-state index is 13.4. The molecule has 1 aromatic carbocycles. The number of carbonyl (C=O) groups excluding carboxylic acids is 2. The maximum Gasteiger partial charge on any atom is 0.319 e. The van der Waals surface area contributed by atoms with Crippen molar-refractivity contribution in [3.8, 4) is 0 Å². The highest BCUT2D eigenvalue weighted by Crippen LogP contribution is 2.16. The summed E-state index contributed by atoms with van der Waals surface area (Å²) in [7, 11) is 0. The molecule has 0 aliphatic rings. The topological polar surface area (TPSA) is 95.5 Å². The van der Waals surface area contributed by atoms with Gasteiger partial charge in [-0.05, 0) is 45.4 Å². The SMILES string of the molecule is CC(=O)c1cc(NC(=O)NC(C)(C)CCC(=O)O)ccc1F. The van der Waals surface area contributed by atoms with Gasteiger partial charge in [0.2, 0.25) is 0 Å². The molecule has 0 unspecified atom stereocenters. The Morgan fingerprint density at radius 1 is 1.27 bits per heavy atom. The minimum absolute atomic E-state index is 0.0711. The number of urea groups is 1. The lowest BCUT2D eigenvalue weighted by atomic mass is 9.99. The molecule has 0 radical (unpaired) electrons. The van der Waals surface area contributed by atoms with Crippen LogP contribution in [0.1, 0.15) is 44.0 Å². The number of ketones is 1. The van der Waals surface area contributed by atoms with Crippen LogP contribution in [0.2, 0.25) is 0 Å². The highest BCUT2D eigenvalue weighted by molar-refractivity contribution is 5.97. The molecule has 7 heteroatoms. The number of hydrogen-bond acceptors (Lipinski definition) is 3. The van der Waals surface area contributed by atoms with Gasteiger partial charge in [-0.1, -0.05) is 0 Å². The number of Topliss-reactive ketones (excluding diaryl/α,β-unsaturated/α-hetero) is 1. The van der Waals surface area contributed by atoms with Crippen LogP contribution >= 0.6 is 0 Å². The molecule has 0 fully saturated rings. The van der Waals surface area contributed by atoms with Gasteiger partial charge in [0.05, 0.1) is 5.56 Å². The van der Waals surface area contributed by atoms with E-state index >= 15 is 0 Å². The number of carboxylic acids is 1. The number of benzene rings is 1. The summed E-state index contributed by atoms with van der Waals surface area (Å²) >= 11 is 0. The van der Waals surface area contributed by atoms with Gasteiger partial charge in [-0.3, -0.25) is 9.59 Å². The Hall–Kier alpha value is -2.44. The first-order valence-electron chi connectivity index (χ1n) is 6.72. The zero-order valence-electron chi connectivity index (χ0n) is 12.7. The van der Waals surface area contributed by atoms with Crippen LogP contribution in [-0.2, 0) is 4.79 Å². The average molecular weight is 310 g/mol. The van der Waals surface area contributed by atoms with Gasteiger partial charge in [0.1, 0.15) is 5.82 Å². The van der Waals surface area contributed by atoms with E-state index < -0.39 is 29.1 Å². The smallest absolute Gasteiger partial charge is 0.319 e. The predicted octanol–water partition coefficient (Wildman–Crippen LogP) is 2.79. The van der Waals surface area contributed by atoms with Gasteiger partial charge in [0, 0.05) is 17.6 Å².